The number of ether oxygens (including phenoxy) is 2. The number of rotatable bonds is 1. The van der Waals surface area contributed by atoms with Crippen LogP contribution in [0.15, 0.2) is 30.3 Å². The van der Waals surface area contributed by atoms with Crippen molar-refractivity contribution in [2.45, 2.75) is 45.2 Å². The molecule has 5 heteroatoms. The zero-order chi connectivity index (χ0) is 18.2. The van der Waals surface area contributed by atoms with E-state index in [0.29, 0.717) is 6.61 Å². The predicted octanol–water partition coefficient (Wildman–Crippen LogP) is 2.44. The molecule has 26 heavy (non-hydrogen) atoms. The van der Waals surface area contributed by atoms with Crippen LogP contribution in [0.4, 0.5) is 5.69 Å². The van der Waals surface area contributed by atoms with E-state index in [-0.39, 0.29) is 41.6 Å². The monoisotopic (exact) mass is 353 g/mol. The number of fused-ring (bicyclic) bond motifs is 8. The van der Waals surface area contributed by atoms with Crippen LogP contribution in [0.1, 0.15) is 26.3 Å². The fraction of sp³-hybridized carbons (Fsp3) is 0.524. The second-order valence-corrected chi connectivity index (χ2v) is 8.72. The lowest BCUT2D eigenvalue weighted by Crippen LogP contribution is -2.51. The molecular formula is C21H23NO4. The van der Waals surface area contributed by atoms with Gasteiger partial charge in [-0.15, -0.1) is 0 Å². The highest BCUT2D eigenvalue weighted by Gasteiger charge is 2.64. The van der Waals surface area contributed by atoms with Crippen LogP contribution in [0.2, 0.25) is 0 Å². The van der Waals surface area contributed by atoms with Crippen LogP contribution in [0.5, 0.6) is 0 Å². The van der Waals surface area contributed by atoms with Crippen LogP contribution in [0.3, 0.4) is 0 Å². The van der Waals surface area contributed by atoms with Crippen molar-refractivity contribution >= 4 is 23.3 Å². The summed E-state index contributed by atoms with van der Waals surface area (Å²) < 4.78 is 11.4. The Bertz CT molecular complexity index is 824. The molecule has 3 saturated heterocycles. The standard InChI is InChI=1S/C21H23NO4/c1-21(2,3)19(24)17-16-14-10-25-20(26-14)18(23)15(16)13-9-8-11-6-4-5-7-12(11)22(13)17/h4-9,13-17,20H,10H2,1-3H3/t13-,14-,15-,16+,17+,20+/m1/s1. The fourth-order valence-electron chi connectivity index (χ4n) is 5.02. The zero-order valence-corrected chi connectivity index (χ0v) is 15.2. The number of ketones is 2. The maximum Gasteiger partial charge on any atom is 0.218 e. The predicted molar refractivity (Wildman–Crippen MR) is 96.6 cm³/mol. The first-order chi connectivity index (χ1) is 12.4. The Morgan fingerprint density at radius 1 is 1.23 bits per heavy atom. The summed E-state index contributed by atoms with van der Waals surface area (Å²) in [6, 6.07) is 7.59. The molecule has 0 saturated carbocycles. The number of benzene rings is 1. The van der Waals surface area contributed by atoms with Gasteiger partial charge >= 0.3 is 0 Å². The van der Waals surface area contributed by atoms with Crippen LogP contribution in [0, 0.1) is 17.3 Å². The lowest BCUT2D eigenvalue weighted by Gasteiger charge is -2.38. The molecule has 4 aliphatic heterocycles. The highest BCUT2D eigenvalue weighted by atomic mass is 16.7. The minimum atomic E-state index is -0.767. The van der Waals surface area contributed by atoms with Gasteiger partial charge in [-0.25, -0.2) is 0 Å². The lowest BCUT2D eigenvalue weighted by molar-refractivity contribution is -0.164. The summed E-state index contributed by atoms with van der Waals surface area (Å²) in [4.78, 5) is 28.7. The van der Waals surface area contributed by atoms with Gasteiger partial charge in [-0.1, -0.05) is 51.1 Å². The number of hydrogen-bond donors (Lipinski definition) is 0. The minimum Gasteiger partial charge on any atom is -0.353 e. The minimum absolute atomic E-state index is 0.0213. The molecule has 2 bridgehead atoms. The highest BCUT2D eigenvalue weighted by molar-refractivity contribution is 5.98. The Kier molecular flexibility index (Phi) is 3.29. The van der Waals surface area contributed by atoms with Crippen LogP contribution >= 0.6 is 0 Å². The molecule has 6 atom stereocenters. The van der Waals surface area contributed by atoms with Crippen LogP contribution < -0.4 is 4.90 Å². The average Bonchev–Trinajstić information content (AvgIpc) is 3.19. The number of para-hydroxylation sites is 1. The SMILES string of the molecule is CC(C)(C)C(=O)[C@@H]1[C@@H]2[C@H](C(=O)[C@H]3OC[C@H]2O3)[C@H]2C=Cc3ccccc3N21. The van der Waals surface area contributed by atoms with Crippen molar-refractivity contribution < 1.29 is 19.1 Å². The third kappa shape index (κ3) is 2.04. The summed E-state index contributed by atoms with van der Waals surface area (Å²) in [5, 5.41) is 0. The zero-order valence-electron chi connectivity index (χ0n) is 15.2. The third-order valence-corrected chi connectivity index (χ3v) is 6.16. The molecule has 4 heterocycles. The number of carbonyl (C=O) groups is 2. The first-order valence-electron chi connectivity index (χ1n) is 9.28. The van der Waals surface area contributed by atoms with E-state index < -0.39 is 11.7 Å². The van der Waals surface area contributed by atoms with E-state index in [0.717, 1.165) is 11.3 Å². The normalized spacial score (nSPS) is 37.3. The average molecular weight is 353 g/mol. The Labute approximate surface area is 153 Å². The molecule has 5 rings (SSSR count). The van der Waals surface area contributed by atoms with E-state index >= 15 is 0 Å². The quantitative estimate of drug-likeness (QED) is 0.776. The number of anilines is 1. The van der Waals surface area contributed by atoms with Crippen LogP contribution in [0.25, 0.3) is 6.08 Å². The maximum atomic E-state index is 13.5. The van der Waals surface area contributed by atoms with Crippen LogP contribution in [-0.4, -0.2) is 42.7 Å². The van der Waals surface area contributed by atoms with E-state index in [2.05, 4.69) is 23.1 Å². The van der Waals surface area contributed by atoms with Crippen molar-refractivity contribution in [3.8, 4) is 0 Å². The van der Waals surface area contributed by atoms with E-state index in [9.17, 15) is 9.59 Å². The molecule has 136 valence electrons. The van der Waals surface area contributed by atoms with Gasteiger partial charge in [-0.2, -0.15) is 0 Å². The molecule has 1 aromatic rings. The Morgan fingerprint density at radius 2 is 2.00 bits per heavy atom. The molecule has 5 nitrogen and oxygen atoms in total. The van der Waals surface area contributed by atoms with Crippen molar-refractivity contribution in [1.29, 1.82) is 0 Å². The maximum absolute atomic E-state index is 13.5. The number of nitrogens with zero attached hydrogens (tertiary/aromatic N) is 1. The van der Waals surface area contributed by atoms with E-state index in [1.54, 1.807) is 0 Å². The van der Waals surface area contributed by atoms with Crippen molar-refractivity contribution in [2.24, 2.45) is 17.3 Å². The van der Waals surface area contributed by atoms with Gasteiger partial charge < -0.3 is 14.4 Å². The van der Waals surface area contributed by atoms with Crippen molar-refractivity contribution in [3.63, 3.8) is 0 Å². The summed E-state index contributed by atoms with van der Waals surface area (Å²) in [6.45, 7) is 6.23. The fourth-order valence-corrected chi connectivity index (χ4v) is 5.02. The largest absolute Gasteiger partial charge is 0.353 e. The molecule has 0 aliphatic carbocycles. The Hall–Kier alpha value is -1.98. The van der Waals surface area contributed by atoms with Crippen molar-refractivity contribution in [2.75, 3.05) is 11.5 Å². The summed E-state index contributed by atoms with van der Waals surface area (Å²) in [5.41, 5.74) is 1.62. The number of Topliss-reactive ketones (excluding diaryl/α,β-unsaturated/α-hetero) is 2. The summed E-state index contributed by atoms with van der Waals surface area (Å²) >= 11 is 0. The molecule has 4 aliphatic rings. The molecule has 1 aromatic carbocycles. The van der Waals surface area contributed by atoms with Gasteiger partial charge in [0.05, 0.1) is 30.7 Å². The second kappa shape index (κ2) is 5.27. The van der Waals surface area contributed by atoms with Gasteiger partial charge in [0, 0.05) is 17.0 Å². The van der Waals surface area contributed by atoms with Gasteiger partial charge in [0.1, 0.15) is 0 Å². The molecule has 0 spiro atoms. The van der Waals surface area contributed by atoms with Gasteiger partial charge in [0.25, 0.3) is 0 Å². The van der Waals surface area contributed by atoms with E-state index in [1.807, 2.05) is 39.0 Å². The van der Waals surface area contributed by atoms with Crippen molar-refractivity contribution in [3.05, 3.63) is 35.9 Å². The summed E-state index contributed by atoms with van der Waals surface area (Å²) in [6.07, 6.45) is 3.18. The first kappa shape index (κ1) is 16.2. The lowest BCUT2D eigenvalue weighted by atomic mass is 9.74. The summed E-state index contributed by atoms with van der Waals surface area (Å²) in [7, 11) is 0. The Balaban J connectivity index is 1.69. The molecule has 0 radical (unpaired) electrons. The number of hydrogen-bond acceptors (Lipinski definition) is 5. The van der Waals surface area contributed by atoms with Crippen LogP contribution in [-0.2, 0) is 19.1 Å². The number of carbonyl (C=O) groups excluding carboxylic acids is 2. The Morgan fingerprint density at radius 3 is 2.77 bits per heavy atom. The molecule has 3 fully saturated rings. The smallest absolute Gasteiger partial charge is 0.218 e. The highest BCUT2D eigenvalue weighted by Crippen LogP contribution is 2.51. The van der Waals surface area contributed by atoms with Crippen molar-refractivity contribution in [1.82, 2.24) is 0 Å². The van der Waals surface area contributed by atoms with Gasteiger partial charge in [-0.05, 0) is 11.6 Å². The van der Waals surface area contributed by atoms with Gasteiger partial charge in [-0.3, -0.25) is 9.59 Å². The topological polar surface area (TPSA) is 55.8 Å². The third-order valence-electron chi connectivity index (χ3n) is 6.16. The molecule has 0 N–H and O–H groups in total. The first-order valence-corrected chi connectivity index (χ1v) is 9.28. The van der Waals surface area contributed by atoms with E-state index in [1.165, 1.54) is 0 Å². The van der Waals surface area contributed by atoms with E-state index in [4.69, 9.17) is 9.47 Å². The summed E-state index contributed by atoms with van der Waals surface area (Å²) in [5.74, 6) is -0.301. The molecule has 0 aromatic heterocycles. The molecule has 0 unspecified atom stereocenters. The second-order valence-electron chi connectivity index (χ2n) is 8.72. The molecule has 0 amide bonds. The molecular weight excluding hydrogens is 330 g/mol. The van der Waals surface area contributed by atoms with Gasteiger partial charge in [0.2, 0.25) is 6.29 Å². The van der Waals surface area contributed by atoms with Gasteiger partial charge in [0.15, 0.2) is 11.6 Å².